The number of carbonyl (C=O) groups excluding carboxylic acids is 1. The lowest BCUT2D eigenvalue weighted by Gasteiger charge is -2.44. The van der Waals surface area contributed by atoms with Gasteiger partial charge in [-0.15, -0.1) is 11.8 Å². The maximum atomic E-state index is 13.8. The van der Waals surface area contributed by atoms with E-state index in [0.717, 1.165) is 17.2 Å². The van der Waals surface area contributed by atoms with Gasteiger partial charge in [-0.05, 0) is 53.9 Å². The van der Waals surface area contributed by atoms with Gasteiger partial charge in [0.1, 0.15) is 18.1 Å². The Morgan fingerprint density at radius 2 is 1.61 bits per heavy atom. The standard InChI is InChI=1S/C29H25N3O3S/c1-19-25(33)15-16-31-27(19)29(34)30(21-11-13-22(35-2)14-12-21)18-32(31)28-23-8-4-3-7-20(23)17-36-26-10-6-5-9-24(26)28/h3-16,28H,17-18H2,1-2H3. The molecule has 4 aromatic rings. The van der Waals surface area contributed by atoms with E-state index in [9.17, 15) is 9.59 Å². The zero-order chi connectivity index (χ0) is 24.8. The number of anilines is 1. The van der Waals surface area contributed by atoms with E-state index in [-0.39, 0.29) is 17.4 Å². The molecule has 7 heteroatoms. The summed E-state index contributed by atoms with van der Waals surface area (Å²) in [6.45, 7) is 2.05. The van der Waals surface area contributed by atoms with Crippen molar-refractivity contribution in [3.63, 3.8) is 0 Å². The fourth-order valence-electron chi connectivity index (χ4n) is 5.09. The first-order valence-corrected chi connectivity index (χ1v) is 12.8. The normalized spacial score (nSPS) is 16.6. The van der Waals surface area contributed by atoms with E-state index in [0.29, 0.717) is 17.9 Å². The average molecular weight is 496 g/mol. The molecule has 6 rings (SSSR count). The van der Waals surface area contributed by atoms with E-state index in [1.54, 1.807) is 31.2 Å². The van der Waals surface area contributed by atoms with Crippen LogP contribution in [-0.2, 0) is 5.75 Å². The van der Waals surface area contributed by atoms with Crippen LogP contribution < -0.4 is 20.1 Å². The van der Waals surface area contributed by atoms with Crippen LogP contribution in [0.5, 0.6) is 5.75 Å². The first-order valence-electron chi connectivity index (χ1n) is 11.8. The molecule has 0 fully saturated rings. The van der Waals surface area contributed by atoms with E-state index in [4.69, 9.17) is 4.74 Å². The van der Waals surface area contributed by atoms with Crippen LogP contribution in [0.1, 0.15) is 38.8 Å². The molecule has 0 saturated carbocycles. The van der Waals surface area contributed by atoms with Crippen molar-refractivity contribution in [2.45, 2.75) is 23.6 Å². The molecule has 36 heavy (non-hydrogen) atoms. The smallest absolute Gasteiger partial charge is 0.278 e. The van der Waals surface area contributed by atoms with Gasteiger partial charge >= 0.3 is 0 Å². The van der Waals surface area contributed by atoms with Crippen molar-refractivity contribution in [3.05, 3.63) is 123 Å². The fourth-order valence-corrected chi connectivity index (χ4v) is 6.18. The summed E-state index contributed by atoms with van der Waals surface area (Å²) in [6.07, 6.45) is 1.73. The van der Waals surface area contributed by atoms with E-state index >= 15 is 0 Å². The molecule has 0 radical (unpaired) electrons. The minimum absolute atomic E-state index is 0.150. The summed E-state index contributed by atoms with van der Waals surface area (Å²) in [5, 5.41) is 2.19. The van der Waals surface area contributed by atoms with Gasteiger partial charge in [-0.2, -0.15) is 0 Å². The highest BCUT2D eigenvalue weighted by Gasteiger charge is 2.38. The zero-order valence-electron chi connectivity index (χ0n) is 20.0. The predicted molar refractivity (Wildman–Crippen MR) is 143 cm³/mol. The Labute approximate surface area is 213 Å². The molecule has 6 nitrogen and oxygen atoms in total. The Hall–Kier alpha value is -3.97. The molecule has 0 saturated heterocycles. The van der Waals surface area contributed by atoms with Gasteiger partial charge in [-0.1, -0.05) is 42.5 Å². The lowest BCUT2D eigenvalue weighted by Crippen LogP contribution is -2.56. The van der Waals surface area contributed by atoms with Gasteiger partial charge in [0.05, 0.1) is 13.2 Å². The van der Waals surface area contributed by atoms with Gasteiger partial charge in [-0.3, -0.25) is 24.2 Å². The lowest BCUT2D eigenvalue weighted by atomic mass is 9.94. The highest BCUT2D eigenvalue weighted by molar-refractivity contribution is 7.98. The van der Waals surface area contributed by atoms with Crippen LogP contribution in [0.15, 0.2) is 94.7 Å². The third kappa shape index (κ3) is 3.58. The molecular formula is C29H25N3O3S. The minimum Gasteiger partial charge on any atom is -0.497 e. The van der Waals surface area contributed by atoms with E-state index in [1.807, 2.05) is 40.7 Å². The number of fused-ring (bicyclic) bond motifs is 3. The molecule has 0 N–H and O–H groups in total. The van der Waals surface area contributed by atoms with E-state index in [1.165, 1.54) is 21.6 Å². The number of benzene rings is 3. The summed E-state index contributed by atoms with van der Waals surface area (Å²) in [7, 11) is 1.62. The second kappa shape index (κ2) is 8.91. The number of carbonyl (C=O) groups is 1. The van der Waals surface area contributed by atoms with Crippen molar-refractivity contribution >= 4 is 23.4 Å². The monoisotopic (exact) mass is 495 g/mol. The summed E-state index contributed by atoms with van der Waals surface area (Å²) >= 11 is 1.83. The minimum atomic E-state index is -0.198. The highest BCUT2D eigenvalue weighted by atomic mass is 32.2. The van der Waals surface area contributed by atoms with Crippen LogP contribution in [0, 0.1) is 6.92 Å². The van der Waals surface area contributed by atoms with Crippen LogP contribution in [0.4, 0.5) is 5.69 Å². The largest absolute Gasteiger partial charge is 0.497 e. The topological polar surface area (TPSA) is 54.8 Å². The van der Waals surface area contributed by atoms with Crippen molar-refractivity contribution in [1.82, 2.24) is 4.68 Å². The number of pyridine rings is 1. The number of nitrogens with zero attached hydrogens (tertiary/aromatic N) is 3. The van der Waals surface area contributed by atoms with Gasteiger partial charge in [0.15, 0.2) is 5.43 Å². The predicted octanol–water partition coefficient (Wildman–Crippen LogP) is 5.12. The number of hydrogen-bond acceptors (Lipinski definition) is 5. The van der Waals surface area contributed by atoms with Crippen LogP contribution in [-0.4, -0.2) is 24.4 Å². The summed E-state index contributed by atoms with van der Waals surface area (Å²) < 4.78 is 7.20. The first kappa shape index (κ1) is 22.5. The number of methoxy groups -OCH3 is 1. The quantitative estimate of drug-likeness (QED) is 0.395. The Kier molecular flexibility index (Phi) is 5.57. The van der Waals surface area contributed by atoms with Crippen LogP contribution >= 0.6 is 11.8 Å². The summed E-state index contributed by atoms with van der Waals surface area (Å²) in [5.74, 6) is 1.39. The number of aromatic nitrogens is 1. The van der Waals surface area contributed by atoms with Crippen molar-refractivity contribution in [2.24, 2.45) is 0 Å². The second-order valence-corrected chi connectivity index (χ2v) is 9.96. The highest BCUT2D eigenvalue weighted by Crippen LogP contribution is 2.43. The van der Waals surface area contributed by atoms with E-state index < -0.39 is 0 Å². The molecule has 1 unspecified atom stereocenters. The maximum Gasteiger partial charge on any atom is 0.278 e. The Morgan fingerprint density at radius 3 is 2.39 bits per heavy atom. The Morgan fingerprint density at radius 1 is 0.889 bits per heavy atom. The van der Waals surface area contributed by atoms with Gasteiger partial charge < -0.3 is 4.74 Å². The van der Waals surface area contributed by atoms with E-state index in [2.05, 4.69) is 53.5 Å². The molecule has 1 atom stereocenters. The average Bonchev–Trinajstić information content (AvgIpc) is 3.08. The number of hydrogen-bond donors (Lipinski definition) is 0. The zero-order valence-corrected chi connectivity index (χ0v) is 20.9. The molecular weight excluding hydrogens is 470 g/mol. The summed E-state index contributed by atoms with van der Waals surface area (Å²) in [6, 6.07) is 25.8. The van der Waals surface area contributed by atoms with Crippen molar-refractivity contribution in [1.29, 1.82) is 0 Å². The Balaban J connectivity index is 1.59. The molecule has 180 valence electrons. The van der Waals surface area contributed by atoms with Crippen LogP contribution in [0.2, 0.25) is 0 Å². The summed E-state index contributed by atoms with van der Waals surface area (Å²) in [5.41, 5.74) is 5.06. The van der Waals surface area contributed by atoms with Gasteiger partial charge in [0.25, 0.3) is 5.91 Å². The molecule has 1 aromatic heterocycles. The molecule has 3 aromatic carbocycles. The maximum absolute atomic E-state index is 13.8. The molecule has 0 bridgehead atoms. The van der Waals surface area contributed by atoms with Crippen LogP contribution in [0.3, 0.4) is 0 Å². The number of ether oxygens (including phenoxy) is 1. The third-order valence-electron chi connectivity index (χ3n) is 6.96. The summed E-state index contributed by atoms with van der Waals surface area (Å²) in [4.78, 5) is 29.5. The molecule has 2 aliphatic rings. The molecule has 0 spiro atoms. The molecule has 2 aliphatic heterocycles. The molecule has 0 aliphatic carbocycles. The second-order valence-electron chi connectivity index (χ2n) is 8.94. The third-order valence-corrected chi connectivity index (χ3v) is 8.10. The molecule has 1 amide bonds. The van der Waals surface area contributed by atoms with Crippen molar-refractivity contribution in [3.8, 4) is 5.75 Å². The van der Waals surface area contributed by atoms with Gasteiger partial charge in [0.2, 0.25) is 0 Å². The molecule has 3 heterocycles. The Bertz CT molecular complexity index is 1480. The number of rotatable bonds is 3. The van der Waals surface area contributed by atoms with Crippen molar-refractivity contribution in [2.75, 3.05) is 23.7 Å². The SMILES string of the molecule is COc1ccc(N2CN(C3c4ccccc4CSc4ccccc43)n3ccc(=O)c(C)c3C2=O)cc1. The number of amides is 1. The van der Waals surface area contributed by atoms with Crippen molar-refractivity contribution < 1.29 is 9.53 Å². The van der Waals surface area contributed by atoms with Gasteiger partial charge in [-0.25, -0.2) is 0 Å². The number of thioether (sulfide) groups is 1. The van der Waals surface area contributed by atoms with Gasteiger partial charge in [0, 0.05) is 34.2 Å². The first-order chi connectivity index (χ1) is 17.6. The lowest BCUT2D eigenvalue weighted by molar-refractivity contribution is 0.0958. The fraction of sp³-hybridized carbons (Fsp3) is 0.172. The van der Waals surface area contributed by atoms with Crippen LogP contribution in [0.25, 0.3) is 0 Å².